The van der Waals surface area contributed by atoms with Crippen LogP contribution in [0.15, 0.2) is 73.3 Å². The number of benzene rings is 2. The summed E-state index contributed by atoms with van der Waals surface area (Å²) < 4.78 is 5.89. The Hall–Kier alpha value is -3.34. The van der Waals surface area contributed by atoms with Crippen LogP contribution in [-0.4, -0.2) is 22.6 Å². The first-order valence-electron chi connectivity index (χ1n) is 8.97. The summed E-state index contributed by atoms with van der Waals surface area (Å²) in [5.41, 5.74) is 2.72. The molecule has 2 N–H and O–H groups in total. The molecule has 5 nitrogen and oxygen atoms in total. The Bertz CT molecular complexity index is 894. The van der Waals surface area contributed by atoms with Crippen molar-refractivity contribution in [3.8, 4) is 17.0 Å². The molecule has 0 spiro atoms. The van der Waals surface area contributed by atoms with Crippen molar-refractivity contribution in [2.45, 2.75) is 20.0 Å². The molecular formula is C22H24N4O. The van der Waals surface area contributed by atoms with Gasteiger partial charge in [-0.15, -0.1) is 6.58 Å². The minimum Gasteiger partial charge on any atom is -0.489 e. The average Bonchev–Trinajstić information content (AvgIpc) is 2.68. The quantitative estimate of drug-likeness (QED) is 0.536. The van der Waals surface area contributed by atoms with Gasteiger partial charge in [-0.3, -0.25) is 0 Å². The number of ether oxygens (including phenoxy) is 1. The standard InChI is InChI=1S/C22H24N4O/c1-4-14-23-22-25-19(17-10-6-5-7-11-17)15-21(26-22)24-18-12-8-9-13-20(18)27-16(2)3/h4-13,15-16H,1,14H2,2-3H3,(H2,23,24,25,26). The first-order valence-corrected chi connectivity index (χ1v) is 8.97. The Morgan fingerprint density at radius 2 is 1.78 bits per heavy atom. The smallest absolute Gasteiger partial charge is 0.225 e. The third-order valence-electron chi connectivity index (χ3n) is 3.71. The van der Waals surface area contributed by atoms with Crippen LogP contribution < -0.4 is 15.4 Å². The molecule has 0 aliphatic carbocycles. The second kappa shape index (κ2) is 8.85. The Morgan fingerprint density at radius 3 is 2.52 bits per heavy atom. The van der Waals surface area contributed by atoms with E-state index in [1.54, 1.807) is 6.08 Å². The van der Waals surface area contributed by atoms with E-state index in [4.69, 9.17) is 4.74 Å². The molecule has 138 valence electrons. The average molecular weight is 360 g/mol. The van der Waals surface area contributed by atoms with E-state index in [-0.39, 0.29) is 6.10 Å². The van der Waals surface area contributed by atoms with Gasteiger partial charge in [0, 0.05) is 18.2 Å². The molecule has 0 fully saturated rings. The zero-order valence-corrected chi connectivity index (χ0v) is 15.6. The molecule has 0 bridgehead atoms. The molecule has 0 aliphatic heterocycles. The third-order valence-corrected chi connectivity index (χ3v) is 3.71. The van der Waals surface area contributed by atoms with Gasteiger partial charge in [0.2, 0.25) is 5.95 Å². The van der Waals surface area contributed by atoms with E-state index < -0.39 is 0 Å². The van der Waals surface area contributed by atoms with Gasteiger partial charge in [0.05, 0.1) is 17.5 Å². The van der Waals surface area contributed by atoms with Crippen molar-refractivity contribution in [2.24, 2.45) is 0 Å². The van der Waals surface area contributed by atoms with E-state index in [0.29, 0.717) is 18.3 Å². The highest BCUT2D eigenvalue weighted by Gasteiger charge is 2.10. The van der Waals surface area contributed by atoms with Crippen LogP contribution in [0.5, 0.6) is 5.75 Å². The molecule has 2 aromatic carbocycles. The highest BCUT2D eigenvalue weighted by Crippen LogP contribution is 2.29. The van der Waals surface area contributed by atoms with Crippen LogP contribution in [0.25, 0.3) is 11.3 Å². The molecule has 0 aliphatic rings. The van der Waals surface area contributed by atoms with Crippen molar-refractivity contribution in [1.82, 2.24) is 9.97 Å². The summed E-state index contributed by atoms with van der Waals surface area (Å²) in [7, 11) is 0. The molecule has 27 heavy (non-hydrogen) atoms. The Balaban J connectivity index is 1.96. The maximum absolute atomic E-state index is 5.89. The van der Waals surface area contributed by atoms with Crippen LogP contribution in [0.1, 0.15) is 13.8 Å². The Morgan fingerprint density at radius 1 is 1.04 bits per heavy atom. The first-order chi connectivity index (χ1) is 13.2. The van der Waals surface area contributed by atoms with Crippen LogP contribution >= 0.6 is 0 Å². The fourth-order valence-electron chi connectivity index (χ4n) is 2.58. The van der Waals surface area contributed by atoms with Crippen molar-refractivity contribution in [1.29, 1.82) is 0 Å². The van der Waals surface area contributed by atoms with Crippen LogP contribution in [0, 0.1) is 0 Å². The molecule has 0 unspecified atom stereocenters. The molecule has 5 heteroatoms. The highest BCUT2D eigenvalue weighted by molar-refractivity contribution is 5.69. The second-order valence-electron chi connectivity index (χ2n) is 6.29. The van der Waals surface area contributed by atoms with Crippen LogP contribution in [0.3, 0.4) is 0 Å². The van der Waals surface area contributed by atoms with Gasteiger partial charge in [-0.1, -0.05) is 48.5 Å². The maximum atomic E-state index is 5.89. The van der Waals surface area contributed by atoms with Gasteiger partial charge in [0.1, 0.15) is 11.6 Å². The van der Waals surface area contributed by atoms with E-state index in [1.165, 1.54) is 0 Å². The fraction of sp³-hybridized carbons (Fsp3) is 0.182. The number of hydrogen-bond donors (Lipinski definition) is 2. The maximum Gasteiger partial charge on any atom is 0.225 e. The van der Waals surface area contributed by atoms with Crippen molar-refractivity contribution >= 4 is 17.5 Å². The predicted octanol–water partition coefficient (Wildman–Crippen LogP) is 5.27. The van der Waals surface area contributed by atoms with Crippen LogP contribution in [-0.2, 0) is 0 Å². The molecule has 1 heterocycles. The summed E-state index contributed by atoms with van der Waals surface area (Å²) in [6.45, 7) is 8.34. The summed E-state index contributed by atoms with van der Waals surface area (Å²) >= 11 is 0. The number of hydrogen-bond acceptors (Lipinski definition) is 5. The van der Waals surface area contributed by atoms with Gasteiger partial charge in [0.25, 0.3) is 0 Å². The van der Waals surface area contributed by atoms with Crippen LogP contribution in [0.2, 0.25) is 0 Å². The van der Waals surface area contributed by atoms with Crippen molar-refractivity contribution in [3.05, 3.63) is 73.3 Å². The molecule has 3 rings (SSSR count). The second-order valence-corrected chi connectivity index (χ2v) is 6.29. The van der Waals surface area contributed by atoms with Crippen molar-refractivity contribution in [3.63, 3.8) is 0 Å². The van der Waals surface area contributed by atoms with Gasteiger partial charge in [-0.05, 0) is 26.0 Å². The predicted molar refractivity (Wildman–Crippen MR) is 112 cm³/mol. The van der Waals surface area contributed by atoms with Gasteiger partial charge in [0.15, 0.2) is 0 Å². The van der Waals surface area contributed by atoms with Gasteiger partial charge in [-0.2, -0.15) is 4.98 Å². The van der Waals surface area contributed by atoms with Crippen LogP contribution in [0.4, 0.5) is 17.5 Å². The van der Waals surface area contributed by atoms with E-state index >= 15 is 0 Å². The fourth-order valence-corrected chi connectivity index (χ4v) is 2.58. The first kappa shape index (κ1) is 18.5. The lowest BCUT2D eigenvalue weighted by atomic mass is 10.1. The summed E-state index contributed by atoms with van der Waals surface area (Å²) in [4.78, 5) is 9.19. The SMILES string of the molecule is C=CCNc1nc(Nc2ccccc2OC(C)C)cc(-c2ccccc2)n1. The lowest BCUT2D eigenvalue weighted by Crippen LogP contribution is -2.09. The topological polar surface area (TPSA) is 59.1 Å². The Labute approximate surface area is 160 Å². The minimum absolute atomic E-state index is 0.0862. The number of para-hydroxylation sites is 2. The van der Waals surface area contributed by atoms with Gasteiger partial charge in [-0.25, -0.2) is 4.98 Å². The molecule has 1 aromatic heterocycles. The largest absolute Gasteiger partial charge is 0.489 e. The summed E-state index contributed by atoms with van der Waals surface area (Å²) in [5.74, 6) is 2.02. The lowest BCUT2D eigenvalue weighted by molar-refractivity contribution is 0.244. The summed E-state index contributed by atoms with van der Waals surface area (Å²) in [6, 6.07) is 19.8. The summed E-state index contributed by atoms with van der Waals surface area (Å²) in [6.07, 6.45) is 1.86. The third kappa shape index (κ3) is 5.07. The zero-order valence-electron chi connectivity index (χ0n) is 15.6. The van der Waals surface area contributed by atoms with E-state index in [0.717, 1.165) is 22.7 Å². The molecule has 0 radical (unpaired) electrons. The van der Waals surface area contributed by atoms with Gasteiger partial charge < -0.3 is 15.4 Å². The molecule has 0 amide bonds. The van der Waals surface area contributed by atoms with Gasteiger partial charge >= 0.3 is 0 Å². The van der Waals surface area contributed by atoms with E-state index in [2.05, 4.69) is 27.2 Å². The molecular weight excluding hydrogens is 336 g/mol. The number of anilines is 3. The van der Waals surface area contributed by atoms with E-state index in [9.17, 15) is 0 Å². The molecule has 0 saturated heterocycles. The summed E-state index contributed by atoms with van der Waals surface area (Å²) in [5, 5.41) is 6.53. The molecule has 0 saturated carbocycles. The minimum atomic E-state index is 0.0862. The number of aromatic nitrogens is 2. The van der Waals surface area contributed by atoms with Crippen molar-refractivity contribution < 1.29 is 4.74 Å². The lowest BCUT2D eigenvalue weighted by Gasteiger charge is -2.16. The number of nitrogens with zero attached hydrogens (tertiary/aromatic N) is 2. The monoisotopic (exact) mass is 360 g/mol. The Kier molecular flexibility index (Phi) is 6.05. The number of rotatable bonds is 8. The normalized spacial score (nSPS) is 10.5. The number of nitrogens with one attached hydrogen (secondary N) is 2. The molecule has 3 aromatic rings. The zero-order chi connectivity index (χ0) is 19.1. The highest BCUT2D eigenvalue weighted by atomic mass is 16.5. The molecule has 0 atom stereocenters. The van der Waals surface area contributed by atoms with E-state index in [1.807, 2.05) is 74.5 Å². The van der Waals surface area contributed by atoms with Crippen molar-refractivity contribution in [2.75, 3.05) is 17.2 Å².